The summed E-state index contributed by atoms with van der Waals surface area (Å²) in [7, 11) is -3.46. The van der Waals surface area contributed by atoms with Crippen molar-refractivity contribution in [2.24, 2.45) is 10.1 Å². The van der Waals surface area contributed by atoms with Crippen molar-refractivity contribution in [2.75, 3.05) is 12.3 Å². The Morgan fingerprint density at radius 2 is 2.04 bits per heavy atom. The predicted molar refractivity (Wildman–Crippen MR) is 90.9 cm³/mol. The molecule has 0 unspecified atom stereocenters. The van der Waals surface area contributed by atoms with Crippen molar-refractivity contribution in [3.8, 4) is 0 Å². The van der Waals surface area contributed by atoms with Gasteiger partial charge in [-0.05, 0) is 25.0 Å². The molecule has 3 heterocycles. The van der Waals surface area contributed by atoms with Crippen molar-refractivity contribution in [2.45, 2.75) is 31.2 Å². The fourth-order valence-electron chi connectivity index (χ4n) is 3.15. The molecule has 4 rings (SSSR count). The van der Waals surface area contributed by atoms with Crippen molar-refractivity contribution in [1.82, 2.24) is 15.0 Å². The Morgan fingerprint density at radius 3 is 2.79 bits per heavy atom. The highest BCUT2D eigenvalue weighted by atomic mass is 35.5. The Bertz CT molecular complexity index is 836. The topological polar surface area (TPSA) is 115 Å². The van der Waals surface area contributed by atoms with Gasteiger partial charge in [0, 0.05) is 12.7 Å². The first-order chi connectivity index (χ1) is 11.0. The zero-order chi connectivity index (χ0) is 16.1. The normalized spacial score (nSPS) is 24.0. The van der Waals surface area contributed by atoms with Gasteiger partial charge in [-0.15, -0.1) is 16.8 Å². The Morgan fingerprint density at radius 1 is 1.29 bits per heavy atom. The molecule has 0 bridgehead atoms. The van der Waals surface area contributed by atoms with E-state index in [0.717, 1.165) is 25.7 Å². The molecule has 0 spiro atoms. The Kier molecular flexibility index (Phi) is 4.27. The lowest BCUT2D eigenvalue weighted by atomic mass is 9.98. The first-order valence-corrected chi connectivity index (χ1v) is 9.19. The molecule has 130 valence electrons. The van der Waals surface area contributed by atoms with Gasteiger partial charge in [-0.1, -0.05) is 18.0 Å². The number of hydrogen-bond donors (Lipinski definition) is 1. The van der Waals surface area contributed by atoms with Crippen LogP contribution in [0.5, 0.6) is 0 Å². The van der Waals surface area contributed by atoms with Gasteiger partial charge in [0.05, 0.1) is 16.9 Å². The van der Waals surface area contributed by atoms with Gasteiger partial charge >= 0.3 is 0 Å². The summed E-state index contributed by atoms with van der Waals surface area (Å²) in [5.41, 5.74) is 6.30. The number of fused-ring (bicyclic) bond motifs is 1. The van der Waals surface area contributed by atoms with E-state index in [4.69, 9.17) is 10.3 Å². The van der Waals surface area contributed by atoms with E-state index < -0.39 is 15.6 Å². The van der Waals surface area contributed by atoms with E-state index in [-0.39, 0.29) is 24.1 Å². The SMILES string of the molecule is Cl.NC1(c2noc(C3=CC=CN4CCS(=O)(=O)N=C34)n2)CCCC1. The summed E-state index contributed by atoms with van der Waals surface area (Å²) in [6, 6.07) is 0. The van der Waals surface area contributed by atoms with Crippen LogP contribution in [0.2, 0.25) is 0 Å². The number of nitrogens with two attached hydrogens (primary N) is 1. The number of halogens is 1. The monoisotopic (exact) mass is 371 g/mol. The van der Waals surface area contributed by atoms with E-state index >= 15 is 0 Å². The predicted octanol–water partition coefficient (Wildman–Crippen LogP) is 1.17. The summed E-state index contributed by atoms with van der Waals surface area (Å²) in [4.78, 5) is 6.19. The third-order valence-electron chi connectivity index (χ3n) is 4.46. The third-order valence-corrected chi connectivity index (χ3v) is 5.60. The molecule has 8 nitrogen and oxygen atoms in total. The average molecular weight is 372 g/mol. The maximum atomic E-state index is 11.8. The number of allylic oxidation sites excluding steroid dienone is 2. The molecular weight excluding hydrogens is 354 g/mol. The molecule has 0 radical (unpaired) electrons. The van der Waals surface area contributed by atoms with Crippen LogP contribution in [0.25, 0.3) is 5.57 Å². The highest BCUT2D eigenvalue weighted by Gasteiger charge is 2.37. The zero-order valence-corrected chi connectivity index (χ0v) is 14.5. The average Bonchev–Trinajstić information content (AvgIpc) is 3.16. The first kappa shape index (κ1) is 17.1. The van der Waals surface area contributed by atoms with Crippen molar-refractivity contribution in [3.63, 3.8) is 0 Å². The van der Waals surface area contributed by atoms with Crippen molar-refractivity contribution < 1.29 is 12.9 Å². The highest BCUT2D eigenvalue weighted by molar-refractivity contribution is 7.90. The number of rotatable bonds is 2. The number of nitrogens with zero attached hydrogens (tertiary/aromatic N) is 4. The summed E-state index contributed by atoms with van der Waals surface area (Å²) in [5.74, 6) is 1.05. The lowest BCUT2D eigenvalue weighted by Crippen LogP contribution is -2.38. The van der Waals surface area contributed by atoms with Crippen molar-refractivity contribution in [3.05, 3.63) is 30.1 Å². The quantitative estimate of drug-likeness (QED) is 0.829. The van der Waals surface area contributed by atoms with Crippen molar-refractivity contribution >= 4 is 33.8 Å². The lowest BCUT2D eigenvalue weighted by Gasteiger charge is -2.27. The maximum Gasteiger partial charge on any atom is 0.261 e. The molecule has 10 heteroatoms. The van der Waals surface area contributed by atoms with Gasteiger partial charge in [0.15, 0.2) is 11.7 Å². The van der Waals surface area contributed by atoms with Crippen LogP contribution in [0.3, 0.4) is 0 Å². The molecule has 1 aromatic rings. The summed E-state index contributed by atoms with van der Waals surface area (Å²) in [6.07, 6.45) is 9.07. The van der Waals surface area contributed by atoms with Gasteiger partial charge in [-0.3, -0.25) is 0 Å². The summed E-state index contributed by atoms with van der Waals surface area (Å²) in [5, 5.41) is 4.02. The molecule has 2 N–H and O–H groups in total. The molecule has 2 aliphatic heterocycles. The van der Waals surface area contributed by atoms with Crippen LogP contribution in [-0.4, -0.2) is 41.6 Å². The highest BCUT2D eigenvalue weighted by Crippen LogP contribution is 2.35. The number of hydrogen-bond acceptors (Lipinski definition) is 7. The van der Waals surface area contributed by atoms with Gasteiger partial charge in [0.2, 0.25) is 0 Å². The second kappa shape index (κ2) is 5.98. The first-order valence-electron chi connectivity index (χ1n) is 7.58. The molecule has 0 atom stereocenters. The molecule has 0 aromatic carbocycles. The van der Waals surface area contributed by atoms with Crippen LogP contribution in [-0.2, 0) is 15.6 Å². The van der Waals surface area contributed by atoms with Crippen LogP contribution in [0.4, 0.5) is 0 Å². The van der Waals surface area contributed by atoms with Crippen LogP contribution in [0.15, 0.2) is 27.3 Å². The molecular formula is C14H18ClN5O3S. The molecule has 3 aliphatic rings. The molecule has 1 fully saturated rings. The van der Waals surface area contributed by atoms with Crippen LogP contribution >= 0.6 is 12.4 Å². The van der Waals surface area contributed by atoms with Gasteiger partial charge in [0.1, 0.15) is 0 Å². The van der Waals surface area contributed by atoms with Gasteiger partial charge in [-0.25, -0.2) is 8.42 Å². The van der Waals surface area contributed by atoms with E-state index in [2.05, 4.69) is 14.5 Å². The molecule has 0 saturated heterocycles. The molecule has 0 amide bonds. The molecule has 24 heavy (non-hydrogen) atoms. The fraction of sp³-hybridized carbons (Fsp3) is 0.500. The van der Waals surface area contributed by atoms with E-state index in [1.165, 1.54) is 0 Å². The zero-order valence-electron chi connectivity index (χ0n) is 12.9. The molecule has 1 aromatic heterocycles. The van der Waals surface area contributed by atoms with Gasteiger partial charge < -0.3 is 15.2 Å². The van der Waals surface area contributed by atoms with Crippen LogP contribution in [0.1, 0.15) is 37.4 Å². The minimum Gasteiger partial charge on any atom is -0.334 e. The minimum absolute atomic E-state index is 0. The van der Waals surface area contributed by atoms with Gasteiger partial charge in [-0.2, -0.15) is 4.98 Å². The Labute approximate surface area is 146 Å². The second-order valence-electron chi connectivity index (χ2n) is 6.10. The summed E-state index contributed by atoms with van der Waals surface area (Å²) >= 11 is 0. The minimum atomic E-state index is -3.46. The van der Waals surface area contributed by atoms with E-state index in [9.17, 15) is 8.42 Å². The number of sulfonamides is 1. The largest absolute Gasteiger partial charge is 0.334 e. The third kappa shape index (κ3) is 2.87. The smallest absolute Gasteiger partial charge is 0.261 e. The summed E-state index contributed by atoms with van der Waals surface area (Å²) in [6.45, 7) is 0.358. The Balaban J connectivity index is 0.00000169. The van der Waals surface area contributed by atoms with Gasteiger partial charge in [0.25, 0.3) is 15.9 Å². The lowest BCUT2D eigenvalue weighted by molar-refractivity contribution is 0.363. The van der Waals surface area contributed by atoms with E-state index in [0.29, 0.717) is 23.8 Å². The van der Waals surface area contributed by atoms with Crippen LogP contribution in [0, 0.1) is 0 Å². The van der Waals surface area contributed by atoms with Crippen LogP contribution < -0.4 is 5.73 Å². The molecule has 1 saturated carbocycles. The van der Waals surface area contributed by atoms with Crippen molar-refractivity contribution in [1.29, 1.82) is 0 Å². The number of amidine groups is 1. The standard InChI is InChI=1S/C14H17N5O3S.ClH/c15-14(5-1-2-6-14)13-16-12(22-17-13)10-4-3-7-19-8-9-23(20,21)18-11(10)19;/h3-4,7H,1-2,5-6,8-9,15H2;1H. The molecule has 1 aliphatic carbocycles. The van der Waals surface area contributed by atoms with E-state index in [1.54, 1.807) is 17.2 Å². The van der Waals surface area contributed by atoms with E-state index in [1.807, 2.05) is 6.08 Å². The Hall–Kier alpha value is -1.71. The summed E-state index contributed by atoms with van der Waals surface area (Å²) < 4.78 is 32.8. The maximum absolute atomic E-state index is 11.8. The number of aromatic nitrogens is 2. The second-order valence-corrected chi connectivity index (χ2v) is 7.86. The fourth-order valence-corrected chi connectivity index (χ4v) is 4.13.